The number of nitrogens with zero attached hydrogens (tertiary/aromatic N) is 3. The van der Waals surface area contributed by atoms with Crippen molar-refractivity contribution in [2.45, 2.75) is 38.5 Å². The van der Waals surface area contributed by atoms with Crippen molar-refractivity contribution in [2.75, 3.05) is 23.8 Å². The van der Waals surface area contributed by atoms with E-state index < -0.39 is 17.6 Å². The molecule has 1 aliphatic carbocycles. The van der Waals surface area contributed by atoms with Gasteiger partial charge in [-0.05, 0) is 42.0 Å². The van der Waals surface area contributed by atoms with E-state index in [1.54, 1.807) is 18.6 Å². The summed E-state index contributed by atoms with van der Waals surface area (Å²) in [6.07, 6.45) is 8.64. The second-order valence-electron chi connectivity index (χ2n) is 7.74. The molecule has 1 atom stereocenters. The lowest BCUT2D eigenvalue weighted by Gasteiger charge is -2.22. The van der Waals surface area contributed by atoms with Crippen LogP contribution in [0.15, 0.2) is 23.0 Å². The molecule has 2 amide bonds. The highest BCUT2D eigenvalue weighted by molar-refractivity contribution is 6.28. The Kier molecular flexibility index (Phi) is 8.63. The van der Waals surface area contributed by atoms with Crippen LogP contribution in [0.3, 0.4) is 0 Å². The van der Waals surface area contributed by atoms with Gasteiger partial charge in [-0.25, -0.2) is 5.06 Å². The zero-order chi connectivity index (χ0) is 22.9. The standard InChI is InChI=1S/C20H26ClFN6O4/c21-20-24-17(23-7-5-14-6-8-32-11-14)16(22)18(25-20)26-27-19(30)15(10-28(31)12-29)9-13-3-1-2-4-13/h6,8,11-13,15,31H,1-5,7,9-10H2,(H,27,30)(H2,23,24,25,26). The fourth-order valence-electron chi connectivity index (χ4n) is 3.78. The molecule has 10 nitrogen and oxygen atoms in total. The van der Waals surface area contributed by atoms with E-state index in [1.807, 2.05) is 0 Å². The Bertz CT molecular complexity index is 894. The van der Waals surface area contributed by atoms with Gasteiger partial charge in [-0.1, -0.05) is 25.7 Å². The minimum atomic E-state index is -0.814. The van der Waals surface area contributed by atoms with Gasteiger partial charge in [0.05, 0.1) is 25.0 Å². The molecule has 0 spiro atoms. The minimum Gasteiger partial charge on any atom is -0.472 e. The van der Waals surface area contributed by atoms with Crippen LogP contribution in [0.25, 0.3) is 0 Å². The van der Waals surface area contributed by atoms with Crippen molar-refractivity contribution >= 4 is 35.6 Å². The van der Waals surface area contributed by atoms with Crippen LogP contribution in [0.1, 0.15) is 37.7 Å². The van der Waals surface area contributed by atoms with Gasteiger partial charge >= 0.3 is 0 Å². The maximum atomic E-state index is 14.8. The molecule has 0 aliphatic heterocycles. The number of halogens is 2. The lowest BCUT2D eigenvalue weighted by molar-refractivity contribution is -0.154. The Morgan fingerprint density at radius 2 is 2.12 bits per heavy atom. The van der Waals surface area contributed by atoms with Crippen molar-refractivity contribution in [3.8, 4) is 0 Å². The normalized spacial score (nSPS) is 14.7. The van der Waals surface area contributed by atoms with Gasteiger partial charge in [0.2, 0.25) is 23.4 Å². The zero-order valence-electron chi connectivity index (χ0n) is 17.4. The van der Waals surface area contributed by atoms with Gasteiger partial charge in [0, 0.05) is 6.54 Å². The number of nitrogens with one attached hydrogen (secondary N) is 3. The molecule has 2 heterocycles. The van der Waals surface area contributed by atoms with Crippen molar-refractivity contribution in [1.29, 1.82) is 0 Å². The third kappa shape index (κ3) is 6.79. The van der Waals surface area contributed by atoms with E-state index in [-0.39, 0.29) is 29.9 Å². The topological polar surface area (TPSA) is 133 Å². The first-order valence-corrected chi connectivity index (χ1v) is 10.8. The highest BCUT2D eigenvalue weighted by Gasteiger charge is 2.27. The van der Waals surface area contributed by atoms with Gasteiger partial charge in [0.25, 0.3) is 0 Å². The fraction of sp³-hybridized carbons (Fsp3) is 0.500. The Labute approximate surface area is 189 Å². The predicted molar refractivity (Wildman–Crippen MR) is 114 cm³/mol. The van der Waals surface area contributed by atoms with Crippen molar-refractivity contribution < 1.29 is 23.6 Å². The summed E-state index contributed by atoms with van der Waals surface area (Å²) < 4.78 is 19.8. The molecular weight excluding hydrogens is 443 g/mol. The van der Waals surface area contributed by atoms with Crippen LogP contribution in [0, 0.1) is 17.7 Å². The molecule has 2 aromatic heterocycles. The molecule has 0 radical (unpaired) electrons. The van der Waals surface area contributed by atoms with E-state index in [0.717, 1.165) is 31.2 Å². The number of anilines is 2. The summed E-state index contributed by atoms with van der Waals surface area (Å²) >= 11 is 5.90. The van der Waals surface area contributed by atoms with Crippen LogP contribution in [-0.2, 0) is 16.0 Å². The third-order valence-corrected chi connectivity index (χ3v) is 5.58. The number of carbonyl (C=O) groups is 2. The van der Waals surface area contributed by atoms with Gasteiger partial charge < -0.3 is 9.73 Å². The average Bonchev–Trinajstić information content (AvgIpc) is 3.48. The molecule has 1 unspecified atom stereocenters. The quantitative estimate of drug-likeness (QED) is 0.162. The number of hydroxylamine groups is 2. The summed E-state index contributed by atoms with van der Waals surface area (Å²) in [7, 11) is 0. The van der Waals surface area contributed by atoms with Crippen LogP contribution in [0.4, 0.5) is 16.0 Å². The van der Waals surface area contributed by atoms with E-state index in [1.165, 1.54) is 0 Å². The van der Waals surface area contributed by atoms with E-state index in [2.05, 4.69) is 26.1 Å². The molecule has 2 aromatic rings. The lowest BCUT2D eigenvalue weighted by Crippen LogP contribution is -2.41. The first-order valence-electron chi connectivity index (χ1n) is 10.4. The number of rotatable bonds is 12. The second-order valence-corrected chi connectivity index (χ2v) is 8.08. The van der Waals surface area contributed by atoms with E-state index in [9.17, 15) is 19.2 Å². The number of hydrazine groups is 1. The van der Waals surface area contributed by atoms with Crippen molar-refractivity contribution in [1.82, 2.24) is 20.5 Å². The third-order valence-electron chi connectivity index (χ3n) is 5.41. The van der Waals surface area contributed by atoms with Crippen molar-refractivity contribution in [3.63, 3.8) is 0 Å². The number of aromatic nitrogens is 2. The summed E-state index contributed by atoms with van der Waals surface area (Å²) in [5.41, 5.74) is 5.78. The van der Waals surface area contributed by atoms with Crippen molar-refractivity contribution in [3.05, 3.63) is 35.3 Å². The maximum absolute atomic E-state index is 14.8. The van der Waals surface area contributed by atoms with Gasteiger partial charge in [-0.3, -0.25) is 25.6 Å². The monoisotopic (exact) mass is 468 g/mol. The summed E-state index contributed by atoms with van der Waals surface area (Å²) in [5, 5.41) is 12.6. The molecule has 0 bridgehead atoms. The molecule has 0 saturated heterocycles. The highest BCUT2D eigenvalue weighted by Crippen LogP contribution is 2.30. The molecule has 0 aromatic carbocycles. The molecule has 1 fully saturated rings. The minimum absolute atomic E-state index is 0.116. The zero-order valence-corrected chi connectivity index (χ0v) is 18.1. The molecule has 32 heavy (non-hydrogen) atoms. The Balaban J connectivity index is 1.60. The number of carbonyl (C=O) groups excluding carboxylic acids is 2. The van der Waals surface area contributed by atoms with Crippen LogP contribution in [0.5, 0.6) is 0 Å². The first kappa shape index (κ1) is 23.7. The number of furan rings is 1. The SMILES string of the molecule is O=CN(O)CC(CC1CCCC1)C(=O)NNc1nc(Cl)nc(NCCc2ccoc2)c1F. The molecular formula is C20H26ClFN6O4. The van der Waals surface area contributed by atoms with E-state index >= 15 is 0 Å². The summed E-state index contributed by atoms with van der Waals surface area (Å²) in [6, 6.07) is 1.80. The smallest absolute Gasteiger partial charge is 0.243 e. The summed E-state index contributed by atoms with van der Waals surface area (Å²) in [4.78, 5) is 31.1. The van der Waals surface area contributed by atoms with Gasteiger partial charge in [-0.15, -0.1) is 0 Å². The van der Waals surface area contributed by atoms with Crippen LogP contribution >= 0.6 is 11.6 Å². The molecule has 4 N–H and O–H groups in total. The molecule has 12 heteroatoms. The van der Waals surface area contributed by atoms with Crippen LogP contribution < -0.4 is 16.2 Å². The van der Waals surface area contributed by atoms with Crippen LogP contribution in [0.2, 0.25) is 5.28 Å². The van der Waals surface area contributed by atoms with Crippen LogP contribution in [-0.4, -0.2) is 45.6 Å². The number of amides is 2. The first-order chi connectivity index (χ1) is 15.5. The average molecular weight is 469 g/mol. The Hall–Kier alpha value is -2.92. The molecule has 3 rings (SSSR count). The molecule has 1 aliphatic rings. The predicted octanol–water partition coefficient (Wildman–Crippen LogP) is 3.00. The van der Waals surface area contributed by atoms with Crippen molar-refractivity contribution in [2.24, 2.45) is 11.8 Å². The second kappa shape index (κ2) is 11.6. The Morgan fingerprint density at radius 1 is 1.38 bits per heavy atom. The lowest BCUT2D eigenvalue weighted by atomic mass is 9.92. The summed E-state index contributed by atoms with van der Waals surface area (Å²) in [5.74, 6) is -2.07. The highest BCUT2D eigenvalue weighted by atomic mass is 35.5. The van der Waals surface area contributed by atoms with Gasteiger partial charge in [0.15, 0.2) is 11.6 Å². The van der Waals surface area contributed by atoms with E-state index in [4.69, 9.17) is 16.0 Å². The largest absolute Gasteiger partial charge is 0.472 e. The number of hydrogen-bond donors (Lipinski definition) is 4. The summed E-state index contributed by atoms with van der Waals surface area (Å²) in [6.45, 7) is 0.207. The Morgan fingerprint density at radius 3 is 2.81 bits per heavy atom. The maximum Gasteiger partial charge on any atom is 0.243 e. The molecule has 174 valence electrons. The fourth-order valence-corrected chi connectivity index (χ4v) is 3.95. The number of hydrogen-bond acceptors (Lipinski definition) is 8. The van der Waals surface area contributed by atoms with Gasteiger partial charge in [-0.2, -0.15) is 14.4 Å². The van der Waals surface area contributed by atoms with E-state index in [0.29, 0.717) is 30.4 Å². The molecule has 1 saturated carbocycles. The van der Waals surface area contributed by atoms with Gasteiger partial charge in [0.1, 0.15) is 0 Å².